The average Bonchev–Trinajstić information content (AvgIpc) is 3.07. The zero-order chi connectivity index (χ0) is 16.9. The Labute approximate surface area is 153 Å². The third-order valence-electron chi connectivity index (χ3n) is 6.27. The molecule has 1 aromatic carbocycles. The Bertz CT molecular complexity index is 760. The molecule has 128 valence electrons. The lowest BCUT2D eigenvalue weighted by Crippen LogP contribution is -2.53. The second-order valence-corrected chi connectivity index (χ2v) is 8.65. The van der Waals surface area contributed by atoms with E-state index in [0.29, 0.717) is 18.1 Å². The molecule has 6 atom stereocenters. The molecule has 24 heavy (non-hydrogen) atoms. The van der Waals surface area contributed by atoms with Crippen LogP contribution in [0.25, 0.3) is 0 Å². The first-order valence-electron chi connectivity index (χ1n) is 8.15. The summed E-state index contributed by atoms with van der Waals surface area (Å²) >= 11 is 9.51. The molecule has 1 aromatic rings. The summed E-state index contributed by atoms with van der Waals surface area (Å²) in [7, 11) is 0. The number of nitrogens with zero attached hydrogens (tertiary/aromatic N) is 1. The summed E-state index contributed by atoms with van der Waals surface area (Å²) in [5.41, 5.74) is -0.521. The fraction of sp³-hybridized carbons (Fsp3) is 0.588. The van der Waals surface area contributed by atoms with Gasteiger partial charge in [-0.05, 0) is 41.1 Å². The van der Waals surface area contributed by atoms with Gasteiger partial charge in [0.15, 0.2) is 0 Å². The largest absolute Gasteiger partial charge is 0.390 e. The highest BCUT2D eigenvalue weighted by Crippen LogP contribution is 2.65. The Hall–Kier alpha value is -0.660. The van der Waals surface area contributed by atoms with Gasteiger partial charge in [-0.1, -0.05) is 11.6 Å². The number of halogens is 2. The van der Waals surface area contributed by atoms with Gasteiger partial charge in [-0.25, -0.2) is 0 Å². The number of amides is 1. The van der Waals surface area contributed by atoms with Gasteiger partial charge in [0.2, 0.25) is 5.91 Å². The Kier molecular flexibility index (Phi) is 3.08. The molecular formula is C17H17BrClNO4. The molecule has 0 unspecified atom stereocenters. The van der Waals surface area contributed by atoms with E-state index in [1.807, 2.05) is 19.1 Å². The van der Waals surface area contributed by atoms with Crippen LogP contribution in [0.5, 0.6) is 0 Å². The molecule has 7 heteroatoms. The van der Waals surface area contributed by atoms with Crippen LogP contribution in [0.2, 0.25) is 5.02 Å². The number of ether oxygens (including phenoxy) is 2. The first-order valence-corrected chi connectivity index (χ1v) is 9.32. The summed E-state index contributed by atoms with van der Waals surface area (Å²) in [5.74, 6) is -0.452. The Morgan fingerprint density at radius 3 is 3.00 bits per heavy atom. The predicted octanol–water partition coefficient (Wildman–Crippen LogP) is 2.72. The summed E-state index contributed by atoms with van der Waals surface area (Å²) in [6, 6.07) is 5.44. The van der Waals surface area contributed by atoms with Crippen LogP contribution in [-0.2, 0) is 14.3 Å². The van der Waals surface area contributed by atoms with Gasteiger partial charge in [0.05, 0.1) is 29.3 Å². The van der Waals surface area contributed by atoms with Crippen molar-refractivity contribution in [1.82, 2.24) is 0 Å². The Balaban J connectivity index is 1.63. The third kappa shape index (κ3) is 1.69. The number of carbonyl (C=O) groups is 1. The minimum absolute atomic E-state index is 0.0377. The molecule has 1 spiro atoms. The number of aliphatic hydroxyl groups excluding tert-OH is 1. The molecule has 2 bridgehead atoms. The standard InChI is InChI=1S/C17H17BrClNO4/c1-16-11(21)7-17(24-16)4-5-23-15-13(17)12(16)14(22)20(15)8-2-3-10(19)9(18)6-8/h2-3,6,11-13,15,21H,4-5,7H2,1H3/t11-,12-,13+,15+,16-,17+/m1/s1. The second kappa shape index (κ2) is 4.74. The van der Waals surface area contributed by atoms with Gasteiger partial charge in [-0.2, -0.15) is 0 Å². The number of hydrogen-bond donors (Lipinski definition) is 1. The van der Waals surface area contributed by atoms with Crippen LogP contribution in [0.3, 0.4) is 0 Å². The van der Waals surface area contributed by atoms with Crippen LogP contribution in [0.15, 0.2) is 22.7 Å². The van der Waals surface area contributed by atoms with Crippen molar-refractivity contribution in [3.63, 3.8) is 0 Å². The predicted molar refractivity (Wildman–Crippen MR) is 90.8 cm³/mol. The maximum absolute atomic E-state index is 13.3. The van der Waals surface area contributed by atoms with E-state index in [9.17, 15) is 9.90 Å². The third-order valence-corrected chi connectivity index (χ3v) is 7.48. The summed E-state index contributed by atoms with van der Waals surface area (Å²) in [6.45, 7) is 2.39. The number of benzene rings is 1. The van der Waals surface area contributed by atoms with Gasteiger partial charge < -0.3 is 14.6 Å². The Morgan fingerprint density at radius 2 is 2.25 bits per heavy atom. The highest BCUT2D eigenvalue weighted by molar-refractivity contribution is 9.10. The molecule has 5 nitrogen and oxygen atoms in total. The quantitative estimate of drug-likeness (QED) is 0.768. The van der Waals surface area contributed by atoms with E-state index in [1.165, 1.54) is 0 Å². The van der Waals surface area contributed by atoms with E-state index in [-0.39, 0.29) is 24.0 Å². The maximum Gasteiger partial charge on any atom is 0.235 e. The zero-order valence-corrected chi connectivity index (χ0v) is 15.4. The molecule has 0 aliphatic carbocycles. The first kappa shape index (κ1) is 15.6. The molecule has 4 aliphatic rings. The number of anilines is 1. The fourth-order valence-corrected chi connectivity index (χ4v) is 5.72. The lowest BCUT2D eigenvalue weighted by Gasteiger charge is -2.42. The van der Waals surface area contributed by atoms with E-state index in [0.717, 1.165) is 16.6 Å². The van der Waals surface area contributed by atoms with Gasteiger partial charge in [0.25, 0.3) is 0 Å². The normalized spacial score (nSPS) is 45.8. The summed E-state index contributed by atoms with van der Waals surface area (Å²) in [4.78, 5) is 15.0. The minimum atomic E-state index is -0.827. The van der Waals surface area contributed by atoms with E-state index >= 15 is 0 Å². The summed E-state index contributed by atoms with van der Waals surface area (Å²) in [6.07, 6.45) is 0.343. The number of carbonyl (C=O) groups excluding carboxylic acids is 1. The van der Waals surface area contributed by atoms with Crippen LogP contribution in [0.4, 0.5) is 5.69 Å². The van der Waals surface area contributed by atoms with E-state index in [4.69, 9.17) is 21.1 Å². The molecule has 4 heterocycles. The van der Waals surface area contributed by atoms with Gasteiger partial charge in [0, 0.05) is 28.9 Å². The summed E-state index contributed by atoms with van der Waals surface area (Å²) in [5, 5.41) is 11.1. The molecular weight excluding hydrogens is 398 g/mol. The molecule has 5 rings (SSSR count). The number of rotatable bonds is 1. The molecule has 0 saturated carbocycles. The van der Waals surface area contributed by atoms with Crippen LogP contribution in [0, 0.1) is 11.8 Å². The van der Waals surface area contributed by atoms with Crippen molar-refractivity contribution < 1.29 is 19.4 Å². The van der Waals surface area contributed by atoms with Crippen molar-refractivity contribution in [2.24, 2.45) is 11.8 Å². The van der Waals surface area contributed by atoms with E-state index in [2.05, 4.69) is 15.9 Å². The van der Waals surface area contributed by atoms with Crippen molar-refractivity contribution in [3.05, 3.63) is 27.7 Å². The van der Waals surface area contributed by atoms with Crippen LogP contribution in [0.1, 0.15) is 19.8 Å². The lowest BCUT2D eigenvalue weighted by atomic mass is 9.65. The molecule has 0 radical (unpaired) electrons. The van der Waals surface area contributed by atoms with E-state index in [1.54, 1.807) is 11.0 Å². The van der Waals surface area contributed by atoms with Crippen LogP contribution < -0.4 is 4.90 Å². The van der Waals surface area contributed by atoms with Crippen molar-refractivity contribution in [2.45, 2.75) is 43.3 Å². The monoisotopic (exact) mass is 413 g/mol. The second-order valence-electron chi connectivity index (χ2n) is 7.39. The number of aliphatic hydroxyl groups is 1. The molecule has 4 saturated heterocycles. The zero-order valence-electron chi connectivity index (χ0n) is 13.0. The van der Waals surface area contributed by atoms with Crippen molar-refractivity contribution in [1.29, 1.82) is 0 Å². The topological polar surface area (TPSA) is 59.0 Å². The fourth-order valence-electron chi connectivity index (χ4n) is 5.23. The van der Waals surface area contributed by atoms with Crippen LogP contribution in [-0.4, -0.2) is 41.2 Å². The van der Waals surface area contributed by atoms with Gasteiger partial charge in [0.1, 0.15) is 11.8 Å². The molecule has 1 N–H and O–H groups in total. The molecule has 4 aliphatic heterocycles. The molecule has 4 fully saturated rings. The molecule has 0 aromatic heterocycles. The van der Waals surface area contributed by atoms with Crippen molar-refractivity contribution in [2.75, 3.05) is 11.5 Å². The van der Waals surface area contributed by atoms with Crippen LogP contribution >= 0.6 is 27.5 Å². The SMILES string of the molecule is C[C@]12O[C@@]3(CCO[C@H]4[C@@H]3[C@@H]1C(=O)N4c1ccc(Cl)c(Br)c1)C[C@H]2O. The van der Waals surface area contributed by atoms with Gasteiger partial charge in [-0.3, -0.25) is 9.69 Å². The maximum atomic E-state index is 13.3. The number of hydrogen-bond acceptors (Lipinski definition) is 4. The van der Waals surface area contributed by atoms with E-state index < -0.39 is 17.3 Å². The summed E-state index contributed by atoms with van der Waals surface area (Å²) < 4.78 is 13.0. The van der Waals surface area contributed by atoms with Crippen molar-refractivity contribution in [3.8, 4) is 0 Å². The number of fused-ring (bicyclic) bond motifs is 2. The first-order chi connectivity index (χ1) is 11.4. The van der Waals surface area contributed by atoms with Gasteiger partial charge >= 0.3 is 0 Å². The smallest absolute Gasteiger partial charge is 0.235 e. The highest BCUT2D eigenvalue weighted by atomic mass is 79.9. The minimum Gasteiger partial charge on any atom is -0.390 e. The Morgan fingerprint density at radius 1 is 1.46 bits per heavy atom. The lowest BCUT2D eigenvalue weighted by molar-refractivity contribution is -0.142. The molecule has 1 amide bonds. The van der Waals surface area contributed by atoms with Crippen molar-refractivity contribution >= 4 is 39.1 Å². The van der Waals surface area contributed by atoms with Gasteiger partial charge in [-0.15, -0.1) is 0 Å². The average molecular weight is 415 g/mol. The highest BCUT2D eigenvalue weighted by Gasteiger charge is 2.77.